The monoisotopic (exact) mass is 436 g/mol. The second-order valence-corrected chi connectivity index (χ2v) is 7.94. The lowest BCUT2D eigenvalue weighted by Gasteiger charge is -2.14. The molecule has 0 bridgehead atoms. The Morgan fingerprint density at radius 3 is 2.78 bits per heavy atom. The minimum Gasteiger partial charge on any atom is -0.473 e. The summed E-state index contributed by atoms with van der Waals surface area (Å²) in [5.41, 5.74) is 2.10. The molecular weight excluding hydrogens is 412 g/mol. The summed E-state index contributed by atoms with van der Waals surface area (Å²) < 4.78 is 7.34. The number of amides is 2. The Balaban J connectivity index is 1.45. The number of hydrogen-bond acceptors (Lipinski definition) is 8. The summed E-state index contributed by atoms with van der Waals surface area (Å²) in [5.74, 6) is 0.491. The van der Waals surface area contributed by atoms with E-state index in [-0.39, 0.29) is 17.7 Å². The number of fused-ring (bicyclic) bond motifs is 1. The van der Waals surface area contributed by atoms with Gasteiger partial charge in [0.25, 0.3) is 5.91 Å². The van der Waals surface area contributed by atoms with E-state index in [1.54, 1.807) is 31.3 Å². The van der Waals surface area contributed by atoms with Crippen LogP contribution in [0, 0.1) is 0 Å². The van der Waals surface area contributed by atoms with E-state index in [2.05, 4.69) is 31.0 Å². The molecule has 11 nitrogen and oxygen atoms in total. The second kappa shape index (κ2) is 7.98. The minimum absolute atomic E-state index is 0.0989. The van der Waals surface area contributed by atoms with Gasteiger partial charge in [-0.2, -0.15) is 0 Å². The number of nitrogens with one attached hydrogen (secondary N) is 3. The van der Waals surface area contributed by atoms with Gasteiger partial charge in [-0.05, 0) is 31.4 Å². The minimum atomic E-state index is -0.541. The first-order valence-corrected chi connectivity index (χ1v) is 10.5. The average molecular weight is 436 g/mol. The van der Waals surface area contributed by atoms with Gasteiger partial charge in [0.1, 0.15) is 17.8 Å². The van der Waals surface area contributed by atoms with Gasteiger partial charge in [-0.1, -0.05) is 0 Å². The molecule has 2 fully saturated rings. The molecule has 0 spiro atoms. The van der Waals surface area contributed by atoms with Gasteiger partial charge in [0, 0.05) is 32.9 Å². The van der Waals surface area contributed by atoms with Crippen LogP contribution in [0.25, 0.3) is 5.65 Å². The number of aromatic nitrogens is 4. The van der Waals surface area contributed by atoms with E-state index >= 15 is 0 Å². The zero-order valence-electron chi connectivity index (χ0n) is 17.8. The van der Waals surface area contributed by atoms with Crippen LogP contribution >= 0.6 is 0 Å². The summed E-state index contributed by atoms with van der Waals surface area (Å²) in [6.07, 6.45) is 5.96. The summed E-state index contributed by atoms with van der Waals surface area (Å²) in [4.78, 5) is 35.4. The molecule has 3 aromatic rings. The third-order valence-corrected chi connectivity index (χ3v) is 5.54. The first kappa shape index (κ1) is 20.0. The van der Waals surface area contributed by atoms with Crippen LogP contribution in [0.1, 0.15) is 29.8 Å². The van der Waals surface area contributed by atoms with E-state index in [0.29, 0.717) is 41.7 Å². The molecule has 0 unspecified atom stereocenters. The van der Waals surface area contributed by atoms with Crippen molar-refractivity contribution in [1.29, 1.82) is 0 Å². The Morgan fingerprint density at radius 2 is 2.06 bits per heavy atom. The highest BCUT2D eigenvalue weighted by atomic mass is 16.5. The highest BCUT2D eigenvalue weighted by Gasteiger charge is 2.31. The lowest BCUT2D eigenvalue weighted by molar-refractivity contribution is -0.128. The van der Waals surface area contributed by atoms with E-state index in [0.717, 1.165) is 12.8 Å². The maximum absolute atomic E-state index is 12.9. The number of ether oxygens (including phenoxy) is 1. The largest absolute Gasteiger partial charge is 0.473 e. The Labute approximate surface area is 184 Å². The molecule has 2 amide bonds. The number of rotatable bonds is 7. The number of carbonyl (C=O) groups excluding carboxylic acids is 2. The van der Waals surface area contributed by atoms with Gasteiger partial charge in [0.05, 0.1) is 11.9 Å². The van der Waals surface area contributed by atoms with Gasteiger partial charge < -0.3 is 25.6 Å². The third kappa shape index (κ3) is 3.77. The van der Waals surface area contributed by atoms with E-state index < -0.39 is 11.9 Å². The number of likely N-dealkylation sites (tertiary alicyclic amines) is 1. The molecule has 3 N–H and O–H groups in total. The molecule has 1 saturated heterocycles. The number of likely N-dealkylation sites (N-methyl/N-ethyl adjacent to an activating group) is 1. The van der Waals surface area contributed by atoms with Crippen LogP contribution in [-0.4, -0.2) is 69.1 Å². The lowest BCUT2D eigenvalue weighted by atomic mass is 10.2. The van der Waals surface area contributed by atoms with Crippen LogP contribution < -0.4 is 20.7 Å². The molecule has 1 aliphatic carbocycles. The molecular formula is C21H24N8O3. The number of anilines is 3. The fourth-order valence-corrected chi connectivity index (χ4v) is 3.62. The number of imidazole rings is 1. The van der Waals surface area contributed by atoms with Crippen LogP contribution in [-0.2, 0) is 4.79 Å². The second-order valence-electron chi connectivity index (χ2n) is 7.94. The van der Waals surface area contributed by atoms with Gasteiger partial charge >= 0.3 is 0 Å². The van der Waals surface area contributed by atoms with Crippen molar-refractivity contribution in [2.45, 2.75) is 31.4 Å². The highest BCUT2D eigenvalue weighted by molar-refractivity contribution is 5.97. The summed E-state index contributed by atoms with van der Waals surface area (Å²) in [6.45, 7) is 0.615. The summed E-state index contributed by atoms with van der Waals surface area (Å²) >= 11 is 0. The molecule has 0 aromatic carbocycles. The number of hydrogen-bond donors (Lipinski definition) is 3. The molecule has 32 heavy (non-hydrogen) atoms. The van der Waals surface area contributed by atoms with Crippen LogP contribution in [0.15, 0.2) is 30.6 Å². The first-order valence-electron chi connectivity index (χ1n) is 10.5. The first-order chi connectivity index (χ1) is 15.5. The molecule has 166 valence electrons. The van der Waals surface area contributed by atoms with Crippen molar-refractivity contribution in [1.82, 2.24) is 29.8 Å². The van der Waals surface area contributed by atoms with Crippen LogP contribution in [0.2, 0.25) is 0 Å². The average Bonchev–Trinajstić information content (AvgIpc) is 3.43. The Bertz CT molecular complexity index is 1190. The maximum Gasteiger partial charge on any atom is 0.272 e. The molecule has 2 aliphatic rings. The topological polar surface area (TPSA) is 126 Å². The zero-order chi connectivity index (χ0) is 22.2. The van der Waals surface area contributed by atoms with E-state index in [9.17, 15) is 9.59 Å². The Kier molecular flexibility index (Phi) is 5.00. The number of pyridine rings is 1. The molecule has 5 rings (SSSR count). The fourth-order valence-electron chi connectivity index (χ4n) is 3.62. The predicted octanol–water partition coefficient (Wildman–Crippen LogP) is 1.41. The van der Waals surface area contributed by atoms with Crippen molar-refractivity contribution >= 4 is 34.7 Å². The molecule has 1 aliphatic heterocycles. The molecule has 1 atom stereocenters. The van der Waals surface area contributed by atoms with E-state index in [1.165, 1.54) is 10.7 Å². The van der Waals surface area contributed by atoms with Crippen LogP contribution in [0.5, 0.6) is 5.88 Å². The van der Waals surface area contributed by atoms with E-state index in [1.807, 2.05) is 12.1 Å². The zero-order valence-corrected chi connectivity index (χ0v) is 17.8. The lowest BCUT2D eigenvalue weighted by Crippen LogP contribution is -2.41. The molecule has 11 heteroatoms. The fraction of sp³-hybridized carbons (Fsp3) is 0.381. The number of nitrogens with zero attached hydrogens (tertiary/aromatic N) is 5. The SMILES string of the molecule is CNc1cc(Nc2cccnc2OC2CC2)nn2c(C(=O)N[C@@H]3CCN(C)C3=O)cnc12. The van der Waals surface area contributed by atoms with Gasteiger partial charge in [0.15, 0.2) is 17.2 Å². The van der Waals surface area contributed by atoms with Gasteiger partial charge in [-0.15, -0.1) is 5.10 Å². The quantitative estimate of drug-likeness (QED) is 0.508. The van der Waals surface area contributed by atoms with E-state index in [4.69, 9.17) is 4.74 Å². The van der Waals surface area contributed by atoms with Gasteiger partial charge in [-0.25, -0.2) is 14.5 Å². The van der Waals surface area contributed by atoms with Crippen molar-refractivity contribution in [3.8, 4) is 5.88 Å². The summed E-state index contributed by atoms with van der Waals surface area (Å²) in [7, 11) is 3.49. The van der Waals surface area contributed by atoms with Crippen LogP contribution in [0.4, 0.5) is 17.2 Å². The Hall–Kier alpha value is -3.89. The smallest absolute Gasteiger partial charge is 0.272 e. The molecule has 3 aromatic heterocycles. The standard InChI is InChI=1S/C21H24N8O3/c1-22-15-10-17(25-13-4-3-8-23-20(13)32-12-5-6-12)27-29-16(11-24-18(15)29)19(30)26-14-7-9-28(2)21(14)31/h3-4,8,10-12,14,22H,5-7,9H2,1-2H3,(H,25,27)(H,26,30)/t14-/m1/s1. The summed E-state index contributed by atoms with van der Waals surface area (Å²) in [6, 6.07) is 4.93. The van der Waals surface area contributed by atoms with Crippen LogP contribution in [0.3, 0.4) is 0 Å². The predicted molar refractivity (Wildman–Crippen MR) is 117 cm³/mol. The van der Waals surface area contributed by atoms with Gasteiger partial charge in [0.2, 0.25) is 11.8 Å². The highest BCUT2D eigenvalue weighted by Crippen LogP contribution is 2.32. The molecule has 4 heterocycles. The van der Waals surface area contributed by atoms with Crippen molar-refractivity contribution in [2.75, 3.05) is 31.3 Å². The van der Waals surface area contributed by atoms with Crippen molar-refractivity contribution in [3.63, 3.8) is 0 Å². The third-order valence-electron chi connectivity index (χ3n) is 5.54. The molecule has 1 saturated carbocycles. The van der Waals surface area contributed by atoms with Gasteiger partial charge in [-0.3, -0.25) is 9.59 Å². The molecule has 0 radical (unpaired) electrons. The number of carbonyl (C=O) groups is 2. The van der Waals surface area contributed by atoms with Crippen molar-refractivity contribution in [3.05, 3.63) is 36.3 Å². The normalized spacial score (nSPS) is 18.1. The summed E-state index contributed by atoms with van der Waals surface area (Å²) in [5, 5.41) is 13.7. The Morgan fingerprint density at radius 1 is 1.22 bits per heavy atom. The maximum atomic E-state index is 12.9. The van der Waals surface area contributed by atoms with Crippen molar-refractivity contribution < 1.29 is 14.3 Å². The van der Waals surface area contributed by atoms with Crippen molar-refractivity contribution in [2.24, 2.45) is 0 Å².